The Kier molecular flexibility index (Phi) is 23.0. The van der Waals surface area contributed by atoms with Crippen molar-refractivity contribution in [1.82, 2.24) is 0 Å². The van der Waals surface area contributed by atoms with Gasteiger partial charge < -0.3 is 75.3 Å². The zero-order valence-corrected chi connectivity index (χ0v) is 19.8. The molecule has 0 atom stereocenters. The molecule has 28 heavy (non-hydrogen) atoms. The van der Waals surface area contributed by atoms with Gasteiger partial charge in [-0.3, -0.25) is 0 Å². The average Bonchev–Trinajstić information content (AvgIpc) is 2.34. The van der Waals surface area contributed by atoms with Gasteiger partial charge in [-0.15, -0.1) is 0 Å². The third-order valence-corrected chi connectivity index (χ3v) is 4.06. The maximum Gasteiger partial charge on any atom is 0.671 e. The van der Waals surface area contributed by atoms with Crippen molar-refractivity contribution >= 4 is 36.2 Å². The van der Waals surface area contributed by atoms with Crippen LogP contribution in [0.5, 0.6) is 0 Å². The molecule has 0 aliphatic heterocycles. The van der Waals surface area contributed by atoms with Crippen LogP contribution >= 0.6 is 0 Å². The molecule has 176 valence electrons. The van der Waals surface area contributed by atoms with Crippen molar-refractivity contribution in [1.29, 1.82) is 0 Å². The molecule has 0 spiro atoms. The summed E-state index contributed by atoms with van der Waals surface area (Å²) in [5.74, 6) is 0. The molecule has 0 amide bonds. The molecule has 0 saturated heterocycles. The van der Waals surface area contributed by atoms with Crippen LogP contribution in [0.2, 0.25) is 0 Å². The molecule has 0 fully saturated rings. The lowest BCUT2D eigenvalue weighted by Crippen LogP contribution is -2.38. The molecule has 0 unspecified atom stereocenters. The van der Waals surface area contributed by atoms with E-state index in [4.69, 9.17) is 57.5 Å². The van der Waals surface area contributed by atoms with Gasteiger partial charge in [0.05, 0.1) is 0 Å². The van der Waals surface area contributed by atoms with Crippen LogP contribution in [0.15, 0.2) is 0 Å². The second-order valence-electron chi connectivity index (χ2n) is 4.03. The molecule has 0 aromatic carbocycles. The minimum absolute atomic E-state index is 0.121. The van der Waals surface area contributed by atoms with Gasteiger partial charge in [0, 0.05) is 26.4 Å². The minimum atomic E-state index is -4.16. The average molecular weight is 497 g/mol. The second kappa shape index (κ2) is 18.0. The van der Waals surface area contributed by atoms with E-state index in [1.54, 1.807) is 27.7 Å². The fraction of sp³-hybridized carbons (Fsp3) is 1.00. The Bertz CT molecular complexity index is 257. The van der Waals surface area contributed by atoms with Crippen LogP contribution in [0.25, 0.3) is 0 Å². The summed E-state index contributed by atoms with van der Waals surface area (Å²) >= 11 is 0. The molecule has 0 aliphatic rings. The zero-order chi connectivity index (χ0) is 23.7. The molecule has 12 N–H and O–H groups in total. The lowest BCUT2D eigenvalue weighted by molar-refractivity contribution is 0.0669. The van der Waals surface area contributed by atoms with Crippen molar-refractivity contribution in [2.24, 2.45) is 0 Å². The number of hydrogen-bond acceptors (Lipinski definition) is 16. The highest BCUT2D eigenvalue weighted by molar-refractivity contribution is 6.49. The zero-order valence-electron chi connectivity index (χ0n) is 15.8. The van der Waals surface area contributed by atoms with Crippen molar-refractivity contribution < 1.29 is 75.3 Å². The van der Waals surface area contributed by atoms with Crippen LogP contribution in [0, 0.1) is 0 Å². The van der Waals surface area contributed by atoms with Crippen molar-refractivity contribution in [3.63, 3.8) is 0 Å². The molecule has 0 saturated carbocycles. The Morgan fingerprint density at radius 3 is 0.464 bits per heavy atom. The summed E-state index contributed by atoms with van der Waals surface area (Å²) in [5.41, 5.74) is 0. The van der Waals surface area contributed by atoms with E-state index >= 15 is 0 Å². The molecular weight excluding hydrogens is 464 g/mol. The van der Waals surface area contributed by atoms with Crippen LogP contribution in [-0.4, -0.2) is 120 Å². The smallest absolute Gasteiger partial charge is 0.368 e. The van der Waals surface area contributed by atoms with Gasteiger partial charge in [-0.05, 0) is 27.7 Å². The van der Waals surface area contributed by atoms with E-state index in [2.05, 4.69) is 17.7 Å². The fourth-order valence-corrected chi connectivity index (χ4v) is 2.32. The first-order chi connectivity index (χ1) is 12.2. The van der Waals surface area contributed by atoms with E-state index < -0.39 is 36.2 Å². The van der Waals surface area contributed by atoms with Gasteiger partial charge in [-0.25, -0.2) is 0 Å². The summed E-state index contributed by atoms with van der Waals surface area (Å²) in [6.07, 6.45) is 0. The molecule has 0 rings (SSSR count). The Hall–Kier alpha value is 0.228. The van der Waals surface area contributed by atoms with Gasteiger partial charge in [-0.2, -0.15) is 0 Å². The van der Waals surface area contributed by atoms with Crippen LogP contribution in [-0.2, 0) is 17.7 Å². The van der Waals surface area contributed by atoms with Crippen LogP contribution < -0.4 is 0 Å². The normalized spacial score (nSPS) is 12.0. The second-order valence-corrected chi connectivity index (χ2v) is 9.77. The highest BCUT2D eigenvalue weighted by atomic mass is 28.4. The Morgan fingerprint density at radius 2 is 0.464 bits per heavy atom. The van der Waals surface area contributed by atoms with E-state index in [0.717, 1.165) is 0 Å². The molecule has 0 aliphatic carbocycles. The van der Waals surface area contributed by atoms with Crippen LogP contribution in [0.4, 0.5) is 0 Å². The van der Waals surface area contributed by atoms with Gasteiger partial charge in [0.2, 0.25) is 0 Å². The summed E-state index contributed by atoms with van der Waals surface area (Å²) in [6.45, 7) is 6.72. The first-order valence-corrected chi connectivity index (χ1v) is 14.5. The summed E-state index contributed by atoms with van der Waals surface area (Å²) in [6, 6.07) is 0. The Morgan fingerprint density at radius 1 is 0.357 bits per heavy atom. The largest absolute Gasteiger partial charge is 0.671 e. The molecule has 16 nitrogen and oxygen atoms in total. The highest BCUT2D eigenvalue weighted by Crippen LogP contribution is 1.86. The van der Waals surface area contributed by atoms with E-state index in [0.29, 0.717) is 0 Å². The van der Waals surface area contributed by atoms with Gasteiger partial charge in [0.1, 0.15) is 0 Å². The minimum Gasteiger partial charge on any atom is -0.368 e. The molecule has 20 heteroatoms. The van der Waals surface area contributed by atoms with Gasteiger partial charge in [0.15, 0.2) is 0 Å². The Labute approximate surface area is 166 Å². The Balaban J connectivity index is -0.000000137. The fourth-order valence-electron chi connectivity index (χ4n) is 0.775. The summed E-state index contributed by atoms with van der Waals surface area (Å²) in [5, 5.41) is 0. The van der Waals surface area contributed by atoms with Gasteiger partial charge >= 0.3 is 36.2 Å². The lowest BCUT2D eigenvalue weighted by atomic mass is 10.9. The van der Waals surface area contributed by atoms with Crippen molar-refractivity contribution in [3.8, 4) is 0 Å². The third kappa shape index (κ3) is 63.4. The van der Waals surface area contributed by atoms with Crippen molar-refractivity contribution in [3.05, 3.63) is 0 Å². The van der Waals surface area contributed by atoms with Crippen LogP contribution in [0.3, 0.4) is 0 Å². The first-order valence-electron chi connectivity index (χ1n) is 7.48. The topological polar surface area (TPSA) is 280 Å². The maximum absolute atomic E-state index is 8.05. The molecule has 0 bridgehead atoms. The molecule has 0 aromatic rings. The maximum atomic E-state index is 8.05. The number of rotatable bonds is 8. The predicted molar refractivity (Wildman–Crippen MR) is 96.1 cm³/mol. The predicted octanol–water partition coefficient (Wildman–Crippen LogP) is -6.26. The summed E-state index contributed by atoms with van der Waals surface area (Å²) in [7, 11) is -16.6. The van der Waals surface area contributed by atoms with Gasteiger partial charge in [-0.1, -0.05) is 0 Å². The monoisotopic (exact) mass is 496 g/mol. The SMILES string of the molecule is CCO[Si](O)(O)O.CCO[Si](O)(O)O.CCO[Si](O)(O)O.CCO[Si](O)(O)O. The highest BCUT2D eigenvalue weighted by Gasteiger charge is 2.30. The third-order valence-electron chi connectivity index (χ3n) is 1.35. The summed E-state index contributed by atoms with van der Waals surface area (Å²) in [4.78, 5) is 96.5. The quantitative estimate of drug-likeness (QED) is 0.139. The molecule has 0 radical (unpaired) electrons. The van der Waals surface area contributed by atoms with Crippen molar-refractivity contribution in [2.45, 2.75) is 27.7 Å². The first kappa shape index (κ1) is 35.7. The van der Waals surface area contributed by atoms with Crippen molar-refractivity contribution in [2.75, 3.05) is 26.4 Å². The van der Waals surface area contributed by atoms with Gasteiger partial charge in [0.25, 0.3) is 0 Å². The number of hydrogen-bond donors (Lipinski definition) is 12. The molecule has 0 aromatic heterocycles. The molecular formula is C8H32O16Si4. The summed E-state index contributed by atoms with van der Waals surface area (Å²) < 4.78 is 16.1. The van der Waals surface area contributed by atoms with Crippen LogP contribution in [0.1, 0.15) is 27.7 Å². The van der Waals surface area contributed by atoms with E-state index in [9.17, 15) is 0 Å². The van der Waals surface area contributed by atoms with E-state index in [1.165, 1.54) is 0 Å². The van der Waals surface area contributed by atoms with E-state index in [-0.39, 0.29) is 26.4 Å². The van der Waals surface area contributed by atoms with E-state index in [1.807, 2.05) is 0 Å². The standard InChI is InChI=1S/4C2H8O4Si/c4*1-2-6-7(3,4)5/h4*3-5H,2H2,1H3. The lowest BCUT2D eigenvalue weighted by Gasteiger charge is -2.05. The molecule has 0 heterocycles.